The van der Waals surface area contributed by atoms with Crippen LogP contribution in [0.2, 0.25) is 0 Å². The zero-order valence-electron chi connectivity index (χ0n) is 24.7. The predicted molar refractivity (Wildman–Crippen MR) is 162 cm³/mol. The Bertz CT molecular complexity index is 1360. The molecule has 0 saturated carbocycles. The maximum Gasteiger partial charge on any atom is 0.269 e. The van der Waals surface area contributed by atoms with Gasteiger partial charge in [-0.15, -0.1) is 0 Å². The average molecular weight is 617 g/mol. The number of non-ortho nitro benzene ring substituents is 1. The lowest BCUT2D eigenvalue weighted by molar-refractivity contribution is -0.384. The van der Waals surface area contributed by atoms with Gasteiger partial charge in [-0.2, -0.15) is 0 Å². The van der Waals surface area contributed by atoms with E-state index in [0.717, 1.165) is 24.7 Å². The van der Waals surface area contributed by atoms with E-state index in [-0.39, 0.29) is 31.0 Å². The van der Waals surface area contributed by atoms with Crippen molar-refractivity contribution in [3.05, 3.63) is 81.9 Å². The van der Waals surface area contributed by atoms with Gasteiger partial charge in [-0.25, -0.2) is 24.2 Å². The van der Waals surface area contributed by atoms with E-state index in [0.29, 0.717) is 18.6 Å². The van der Waals surface area contributed by atoms with Crippen LogP contribution in [0, 0.1) is 22.0 Å². The first-order valence-electron chi connectivity index (χ1n) is 14.2. The van der Waals surface area contributed by atoms with Crippen LogP contribution < -0.4 is 16.3 Å². The monoisotopic (exact) mass is 616 g/mol. The Kier molecular flexibility index (Phi) is 12.4. The Hall–Kier alpha value is -3.65. The number of hydrogen-bond acceptors (Lipinski definition) is 9. The third kappa shape index (κ3) is 9.42. The van der Waals surface area contributed by atoms with Crippen LogP contribution in [0.25, 0.3) is 6.08 Å². The molecule has 0 radical (unpaired) electrons. The standard InChI is InChI=1S/C30H40N4O8S/c1-22(2)20-30(43(3,39)40,29(36)32-31-21-24-15-17-25(18-16-24)34(37)38)26(13-9-12-23-10-5-4-6-11-23)28(35)33-42-27-14-7-8-19-41-27/h4-6,9-12,15-18,22,26-27,31H,7-8,13-14,19-21H2,1-3H3,(H,32,36)(H,33,35)/b12-9+/t26-,27?,30+/m0/s1. The smallest absolute Gasteiger partial charge is 0.269 e. The van der Waals surface area contributed by atoms with Crippen LogP contribution in [-0.2, 0) is 35.5 Å². The van der Waals surface area contributed by atoms with Gasteiger partial charge in [-0.3, -0.25) is 25.1 Å². The molecule has 1 saturated heterocycles. The molecule has 1 aliphatic heterocycles. The number of nitro groups is 1. The number of nitrogens with zero attached hydrogens (tertiary/aromatic N) is 1. The highest BCUT2D eigenvalue weighted by atomic mass is 32.2. The van der Waals surface area contributed by atoms with Gasteiger partial charge in [-0.05, 0) is 42.7 Å². The number of allylic oxidation sites excluding steroid dienone is 1. The summed E-state index contributed by atoms with van der Waals surface area (Å²) in [4.78, 5) is 43.6. The maximum atomic E-state index is 14.0. The molecule has 2 aromatic carbocycles. The molecule has 43 heavy (non-hydrogen) atoms. The van der Waals surface area contributed by atoms with Crippen molar-refractivity contribution >= 4 is 33.4 Å². The minimum atomic E-state index is -4.22. The van der Waals surface area contributed by atoms with Crippen molar-refractivity contribution in [1.29, 1.82) is 0 Å². The van der Waals surface area contributed by atoms with Crippen LogP contribution in [0.1, 0.15) is 57.1 Å². The second-order valence-electron chi connectivity index (χ2n) is 11.0. The summed E-state index contributed by atoms with van der Waals surface area (Å²) in [6.45, 7) is 4.09. The first-order valence-corrected chi connectivity index (χ1v) is 16.1. The summed E-state index contributed by atoms with van der Waals surface area (Å²) >= 11 is 0. The quantitative estimate of drug-likeness (QED) is 0.199. The Morgan fingerprint density at radius 2 is 1.84 bits per heavy atom. The van der Waals surface area contributed by atoms with Crippen molar-refractivity contribution in [3.8, 4) is 0 Å². The van der Waals surface area contributed by atoms with Crippen molar-refractivity contribution in [2.75, 3.05) is 12.9 Å². The van der Waals surface area contributed by atoms with Crippen LogP contribution in [-0.4, -0.2) is 49.1 Å². The molecule has 2 aromatic rings. The van der Waals surface area contributed by atoms with E-state index in [2.05, 4.69) is 16.3 Å². The van der Waals surface area contributed by atoms with Gasteiger partial charge in [0.1, 0.15) is 0 Å². The van der Waals surface area contributed by atoms with E-state index in [1.807, 2.05) is 30.3 Å². The third-order valence-electron chi connectivity index (χ3n) is 7.19. The number of nitro benzene ring substituents is 1. The first kappa shape index (κ1) is 33.8. The molecule has 1 unspecified atom stereocenters. The molecular weight excluding hydrogens is 576 g/mol. The number of amides is 2. The van der Waals surface area contributed by atoms with Gasteiger partial charge >= 0.3 is 0 Å². The summed E-state index contributed by atoms with van der Waals surface area (Å²) in [5.41, 5.74) is 8.98. The van der Waals surface area contributed by atoms with Gasteiger partial charge in [0.2, 0.25) is 5.91 Å². The summed E-state index contributed by atoms with van der Waals surface area (Å²) in [7, 11) is -4.22. The Morgan fingerprint density at radius 3 is 2.42 bits per heavy atom. The normalized spacial score (nSPS) is 17.7. The zero-order valence-corrected chi connectivity index (χ0v) is 25.5. The topological polar surface area (TPSA) is 166 Å². The lowest BCUT2D eigenvalue weighted by Crippen LogP contribution is -2.63. The molecule has 3 N–H and O–H groups in total. The second-order valence-corrected chi connectivity index (χ2v) is 13.2. The van der Waals surface area contributed by atoms with E-state index in [4.69, 9.17) is 9.57 Å². The van der Waals surface area contributed by atoms with Crippen LogP contribution in [0.3, 0.4) is 0 Å². The van der Waals surface area contributed by atoms with Crippen LogP contribution in [0.4, 0.5) is 5.69 Å². The molecular formula is C30H40N4O8S. The zero-order chi connectivity index (χ0) is 31.5. The molecule has 0 spiro atoms. The maximum absolute atomic E-state index is 14.0. The molecule has 3 rings (SSSR count). The number of hydrazine groups is 1. The summed E-state index contributed by atoms with van der Waals surface area (Å²) in [5.74, 6) is -3.31. The van der Waals surface area contributed by atoms with E-state index < -0.39 is 43.5 Å². The number of sulfone groups is 1. The molecule has 2 amide bonds. The first-order chi connectivity index (χ1) is 20.4. The molecule has 0 aromatic heterocycles. The van der Waals surface area contributed by atoms with E-state index in [1.54, 1.807) is 26.0 Å². The number of rotatable bonds is 15. The molecule has 13 heteroatoms. The van der Waals surface area contributed by atoms with Gasteiger partial charge in [0.05, 0.1) is 10.8 Å². The highest BCUT2D eigenvalue weighted by molar-refractivity contribution is 7.93. The predicted octanol–water partition coefficient (Wildman–Crippen LogP) is 3.84. The number of hydroxylamine groups is 1. The number of carbonyl (C=O) groups is 2. The highest BCUT2D eigenvalue weighted by Crippen LogP contribution is 2.37. The van der Waals surface area contributed by atoms with Crippen molar-refractivity contribution < 1.29 is 32.5 Å². The van der Waals surface area contributed by atoms with Crippen LogP contribution in [0.15, 0.2) is 60.7 Å². The number of carbonyl (C=O) groups excluding carboxylic acids is 2. The lowest BCUT2D eigenvalue weighted by Gasteiger charge is -2.38. The lowest BCUT2D eigenvalue weighted by atomic mass is 9.81. The largest absolute Gasteiger partial charge is 0.350 e. The minimum Gasteiger partial charge on any atom is -0.350 e. The average Bonchev–Trinajstić information content (AvgIpc) is 2.97. The fourth-order valence-electron chi connectivity index (χ4n) is 5.06. The molecule has 0 aliphatic carbocycles. The van der Waals surface area contributed by atoms with Gasteiger partial charge in [-0.1, -0.05) is 68.5 Å². The molecule has 234 valence electrons. The summed E-state index contributed by atoms with van der Waals surface area (Å²) in [5, 5.41) is 10.9. The van der Waals surface area contributed by atoms with Gasteiger partial charge in [0, 0.05) is 38.0 Å². The fraction of sp³-hybridized carbons (Fsp3) is 0.467. The fourth-order valence-corrected chi connectivity index (χ4v) is 6.80. The Balaban J connectivity index is 1.91. The molecule has 1 heterocycles. The summed E-state index contributed by atoms with van der Waals surface area (Å²) in [6, 6.07) is 15.0. The number of hydrogen-bond donors (Lipinski definition) is 3. The van der Waals surface area contributed by atoms with Gasteiger partial charge < -0.3 is 4.74 Å². The molecule has 12 nitrogen and oxygen atoms in total. The van der Waals surface area contributed by atoms with Crippen molar-refractivity contribution in [2.24, 2.45) is 11.8 Å². The summed E-state index contributed by atoms with van der Waals surface area (Å²) in [6.07, 6.45) is 5.79. The van der Waals surface area contributed by atoms with E-state index in [9.17, 15) is 28.1 Å². The SMILES string of the molecule is CC(C)C[C@](C(=O)NNCc1ccc([N+](=O)[O-])cc1)([C@@H](C/C=C/c1ccccc1)C(=O)NOC1CCCCO1)S(C)(=O)=O. The molecule has 0 bridgehead atoms. The van der Waals surface area contributed by atoms with Crippen LogP contribution >= 0.6 is 0 Å². The second kappa shape index (κ2) is 15.7. The van der Waals surface area contributed by atoms with Crippen molar-refractivity contribution in [1.82, 2.24) is 16.3 Å². The van der Waals surface area contributed by atoms with Crippen molar-refractivity contribution in [2.45, 2.75) is 63.5 Å². The highest BCUT2D eigenvalue weighted by Gasteiger charge is 2.56. The van der Waals surface area contributed by atoms with E-state index >= 15 is 0 Å². The van der Waals surface area contributed by atoms with Crippen molar-refractivity contribution in [3.63, 3.8) is 0 Å². The summed E-state index contributed by atoms with van der Waals surface area (Å²) < 4.78 is 30.6. The molecule has 1 fully saturated rings. The number of ether oxygens (including phenoxy) is 1. The van der Waals surface area contributed by atoms with Crippen LogP contribution in [0.5, 0.6) is 0 Å². The molecule has 3 atom stereocenters. The number of nitrogens with one attached hydrogen (secondary N) is 3. The van der Waals surface area contributed by atoms with Gasteiger partial charge in [0.15, 0.2) is 20.9 Å². The van der Waals surface area contributed by atoms with Gasteiger partial charge in [0.25, 0.3) is 11.6 Å². The minimum absolute atomic E-state index is 0.0537. The Labute approximate surface area is 252 Å². The van der Waals surface area contributed by atoms with E-state index in [1.165, 1.54) is 24.3 Å². The third-order valence-corrected chi connectivity index (χ3v) is 9.15. The Morgan fingerprint density at radius 1 is 1.14 bits per heavy atom. The number of benzene rings is 2. The molecule has 1 aliphatic rings.